The Labute approximate surface area is 185 Å². The molecule has 0 N–H and O–H groups in total. The lowest BCUT2D eigenvalue weighted by Crippen LogP contribution is -2.39. The summed E-state index contributed by atoms with van der Waals surface area (Å²) in [5, 5.41) is 0.398. The van der Waals surface area contributed by atoms with Gasteiger partial charge in [0, 0.05) is 24.7 Å². The predicted molar refractivity (Wildman–Crippen MR) is 122 cm³/mol. The Bertz CT molecular complexity index is 1090. The van der Waals surface area contributed by atoms with E-state index in [1.54, 1.807) is 4.90 Å². The largest absolute Gasteiger partial charge is 0.302 e. The van der Waals surface area contributed by atoms with Gasteiger partial charge in [-0.3, -0.25) is 9.69 Å². The van der Waals surface area contributed by atoms with Gasteiger partial charge in [0.2, 0.25) is 0 Å². The first kappa shape index (κ1) is 21.8. The number of anilines is 1. The highest BCUT2D eigenvalue weighted by Gasteiger charge is 2.24. The Morgan fingerprint density at radius 1 is 1.03 bits per heavy atom. The van der Waals surface area contributed by atoms with Gasteiger partial charge in [0.25, 0.3) is 5.91 Å². The Kier molecular flexibility index (Phi) is 6.62. The summed E-state index contributed by atoms with van der Waals surface area (Å²) < 4.78 is 28.3. The number of rotatable bonds is 7. The molecule has 2 aromatic carbocycles. The molecule has 4 rings (SSSR count). The molecule has 0 bridgehead atoms. The van der Waals surface area contributed by atoms with Crippen molar-refractivity contribution in [3.05, 3.63) is 58.7 Å². The van der Waals surface area contributed by atoms with Crippen LogP contribution >= 0.6 is 11.3 Å². The minimum atomic E-state index is -0.706. The molecule has 164 valence electrons. The number of aromatic nitrogens is 1. The van der Waals surface area contributed by atoms with Crippen molar-refractivity contribution in [1.82, 2.24) is 9.88 Å². The van der Waals surface area contributed by atoms with E-state index < -0.39 is 11.6 Å². The van der Waals surface area contributed by atoms with Crippen LogP contribution < -0.4 is 4.90 Å². The fraction of sp³-hybridized carbons (Fsp3) is 0.417. The average molecular weight is 444 g/mol. The molecule has 1 aliphatic rings. The Balaban J connectivity index is 1.70. The normalized spacial score (nSPS) is 13.6. The third-order valence-corrected chi connectivity index (χ3v) is 7.03. The summed E-state index contributed by atoms with van der Waals surface area (Å²) in [5.41, 5.74) is 3.27. The van der Waals surface area contributed by atoms with E-state index in [2.05, 4.69) is 29.8 Å². The van der Waals surface area contributed by atoms with Crippen molar-refractivity contribution in [1.29, 1.82) is 0 Å². The molecule has 0 fully saturated rings. The van der Waals surface area contributed by atoms with Crippen molar-refractivity contribution in [2.75, 3.05) is 31.1 Å². The van der Waals surface area contributed by atoms with Gasteiger partial charge in [0.1, 0.15) is 11.3 Å². The summed E-state index contributed by atoms with van der Waals surface area (Å²) in [7, 11) is 0. The zero-order valence-electron chi connectivity index (χ0n) is 18.0. The summed E-state index contributed by atoms with van der Waals surface area (Å²) in [6.07, 6.45) is 4.36. The van der Waals surface area contributed by atoms with Crippen LogP contribution in [0.4, 0.5) is 13.9 Å². The Morgan fingerprint density at radius 3 is 2.52 bits per heavy atom. The molecule has 1 aliphatic carbocycles. The molecule has 0 atom stereocenters. The molecule has 0 aliphatic heterocycles. The number of aryl methyl sites for hydroxylation is 2. The number of halogens is 2. The van der Waals surface area contributed by atoms with Crippen molar-refractivity contribution in [2.45, 2.75) is 39.5 Å². The average Bonchev–Trinajstić information content (AvgIpc) is 3.20. The second-order valence-corrected chi connectivity index (χ2v) is 8.91. The molecule has 0 radical (unpaired) electrons. The molecule has 0 saturated heterocycles. The second-order valence-electron chi connectivity index (χ2n) is 7.91. The minimum Gasteiger partial charge on any atom is -0.302 e. The zero-order valence-corrected chi connectivity index (χ0v) is 18.8. The fourth-order valence-corrected chi connectivity index (χ4v) is 5.18. The van der Waals surface area contributed by atoms with Gasteiger partial charge in [-0.05, 0) is 68.1 Å². The third-order valence-electron chi connectivity index (χ3n) is 6.01. The van der Waals surface area contributed by atoms with E-state index in [4.69, 9.17) is 0 Å². The van der Waals surface area contributed by atoms with Crippen LogP contribution in [0, 0.1) is 11.6 Å². The molecule has 4 nitrogen and oxygen atoms in total. The number of fused-ring (bicyclic) bond motifs is 2. The number of likely N-dealkylation sites (N-methyl/N-ethyl adjacent to an activating group) is 1. The third kappa shape index (κ3) is 4.62. The summed E-state index contributed by atoms with van der Waals surface area (Å²) in [4.78, 5) is 21.8. The standard InChI is InChI=1S/C24H27F2N3OS/c1-3-28(4-2)11-12-29(24-27-22-20(26)14-19(25)15-21(22)31-24)23(30)18-10-9-16-7-5-6-8-17(16)13-18/h9-10,13-15H,3-8,11-12H2,1-2H3. The van der Waals surface area contributed by atoms with Crippen molar-refractivity contribution in [2.24, 2.45) is 0 Å². The quantitative estimate of drug-likeness (QED) is 0.488. The summed E-state index contributed by atoms with van der Waals surface area (Å²) >= 11 is 1.15. The van der Waals surface area contributed by atoms with E-state index in [1.165, 1.54) is 23.6 Å². The maximum absolute atomic E-state index is 14.3. The van der Waals surface area contributed by atoms with Crippen LogP contribution in [0.25, 0.3) is 10.2 Å². The monoisotopic (exact) mass is 443 g/mol. The van der Waals surface area contributed by atoms with E-state index in [9.17, 15) is 13.6 Å². The van der Waals surface area contributed by atoms with Gasteiger partial charge in [0.15, 0.2) is 10.9 Å². The Hall–Kier alpha value is -2.38. The van der Waals surface area contributed by atoms with Crippen molar-refractivity contribution in [3.8, 4) is 0 Å². The molecular formula is C24H27F2N3OS. The van der Waals surface area contributed by atoms with Gasteiger partial charge < -0.3 is 4.90 Å². The molecule has 1 heterocycles. The number of benzene rings is 2. The molecule has 7 heteroatoms. The highest BCUT2D eigenvalue weighted by atomic mass is 32.1. The van der Waals surface area contributed by atoms with Crippen LogP contribution in [-0.2, 0) is 12.8 Å². The van der Waals surface area contributed by atoms with E-state index in [-0.39, 0.29) is 11.4 Å². The summed E-state index contributed by atoms with van der Waals surface area (Å²) in [5.74, 6) is -1.50. The van der Waals surface area contributed by atoms with Gasteiger partial charge >= 0.3 is 0 Å². The minimum absolute atomic E-state index is 0.104. The molecule has 0 unspecified atom stereocenters. The lowest BCUT2D eigenvalue weighted by Gasteiger charge is -2.25. The topological polar surface area (TPSA) is 36.4 Å². The number of carbonyl (C=O) groups is 1. The lowest BCUT2D eigenvalue weighted by atomic mass is 9.90. The fourth-order valence-electron chi connectivity index (χ4n) is 4.15. The molecule has 1 aromatic heterocycles. The highest BCUT2D eigenvalue weighted by Crippen LogP contribution is 2.32. The maximum Gasteiger partial charge on any atom is 0.260 e. The Morgan fingerprint density at radius 2 is 1.77 bits per heavy atom. The first-order valence-corrected chi connectivity index (χ1v) is 11.7. The predicted octanol–water partition coefficient (Wildman–Crippen LogP) is 5.44. The zero-order chi connectivity index (χ0) is 22.0. The number of nitrogens with zero attached hydrogens (tertiary/aromatic N) is 3. The van der Waals surface area contributed by atoms with Crippen LogP contribution in [0.3, 0.4) is 0 Å². The highest BCUT2D eigenvalue weighted by molar-refractivity contribution is 7.22. The molecule has 31 heavy (non-hydrogen) atoms. The van der Waals surface area contributed by atoms with Crippen LogP contribution in [0.2, 0.25) is 0 Å². The van der Waals surface area contributed by atoms with Crippen molar-refractivity contribution in [3.63, 3.8) is 0 Å². The molecule has 0 saturated carbocycles. The van der Waals surface area contributed by atoms with E-state index in [0.29, 0.717) is 28.5 Å². The van der Waals surface area contributed by atoms with Gasteiger partial charge in [-0.2, -0.15) is 0 Å². The smallest absolute Gasteiger partial charge is 0.260 e. The van der Waals surface area contributed by atoms with Crippen molar-refractivity contribution < 1.29 is 13.6 Å². The number of amides is 1. The number of hydrogen-bond acceptors (Lipinski definition) is 4. The van der Waals surface area contributed by atoms with Crippen molar-refractivity contribution >= 4 is 32.6 Å². The molecule has 0 spiro atoms. The van der Waals surface area contributed by atoms with Crippen LogP contribution in [0.5, 0.6) is 0 Å². The van der Waals surface area contributed by atoms with Crippen LogP contribution in [0.15, 0.2) is 30.3 Å². The van der Waals surface area contributed by atoms with Crippen LogP contribution in [-0.4, -0.2) is 42.0 Å². The SMILES string of the molecule is CCN(CC)CCN(C(=O)c1ccc2c(c1)CCCC2)c1nc2c(F)cc(F)cc2s1. The first-order valence-electron chi connectivity index (χ1n) is 10.9. The number of carbonyl (C=O) groups excluding carboxylic acids is 1. The van der Waals surface area contributed by atoms with E-state index in [1.807, 2.05) is 12.1 Å². The number of hydrogen-bond donors (Lipinski definition) is 0. The van der Waals surface area contributed by atoms with E-state index in [0.717, 1.165) is 49.8 Å². The van der Waals surface area contributed by atoms with Gasteiger partial charge in [0.05, 0.1) is 4.70 Å². The van der Waals surface area contributed by atoms with Gasteiger partial charge in [-0.25, -0.2) is 13.8 Å². The maximum atomic E-state index is 14.3. The van der Waals surface area contributed by atoms with Gasteiger partial charge in [-0.1, -0.05) is 31.3 Å². The molecule has 1 amide bonds. The summed E-state index contributed by atoms with van der Waals surface area (Å²) in [6, 6.07) is 8.03. The summed E-state index contributed by atoms with van der Waals surface area (Å²) in [6.45, 7) is 7.01. The molecule has 3 aromatic rings. The van der Waals surface area contributed by atoms with Crippen LogP contribution in [0.1, 0.15) is 48.2 Å². The lowest BCUT2D eigenvalue weighted by molar-refractivity contribution is 0.0983. The first-order chi connectivity index (χ1) is 15.0. The number of thiazole rings is 1. The molecular weight excluding hydrogens is 416 g/mol. The van der Waals surface area contributed by atoms with E-state index >= 15 is 0 Å². The second kappa shape index (κ2) is 9.40. The van der Waals surface area contributed by atoms with Gasteiger partial charge in [-0.15, -0.1) is 0 Å².